The number of aryl methyl sites for hydroxylation is 1. The Hall–Kier alpha value is -1.61. The predicted molar refractivity (Wildman–Crippen MR) is 78.1 cm³/mol. The van der Waals surface area contributed by atoms with E-state index in [0.29, 0.717) is 5.69 Å². The molecule has 0 aliphatic carbocycles. The van der Waals surface area contributed by atoms with E-state index in [0.717, 1.165) is 24.2 Å². The van der Waals surface area contributed by atoms with Crippen molar-refractivity contribution >= 4 is 37.3 Å². The molecule has 3 rings (SSSR count). The standard InChI is InChI=1S/C11H12BrN5O2S/c1-17-11(10(12)14-16-17)20(18,19)15-8-2-3-9-7(6-8)4-5-13-9/h2-3,6,13,15H,4-5H2,1H3. The summed E-state index contributed by atoms with van der Waals surface area (Å²) in [6.45, 7) is 0.878. The van der Waals surface area contributed by atoms with Gasteiger partial charge in [0.1, 0.15) is 0 Å². The van der Waals surface area contributed by atoms with E-state index in [4.69, 9.17) is 0 Å². The molecule has 1 aliphatic heterocycles. The molecular weight excluding hydrogens is 346 g/mol. The number of halogens is 1. The van der Waals surface area contributed by atoms with Crippen molar-refractivity contribution in [2.24, 2.45) is 7.05 Å². The van der Waals surface area contributed by atoms with Crippen LogP contribution in [0, 0.1) is 0 Å². The van der Waals surface area contributed by atoms with E-state index in [1.54, 1.807) is 6.07 Å². The Kier molecular flexibility index (Phi) is 3.17. The van der Waals surface area contributed by atoms with Crippen molar-refractivity contribution in [3.8, 4) is 0 Å². The van der Waals surface area contributed by atoms with Crippen LogP contribution in [-0.2, 0) is 23.5 Å². The number of hydrogen-bond donors (Lipinski definition) is 2. The maximum absolute atomic E-state index is 12.3. The molecule has 2 aromatic rings. The highest BCUT2D eigenvalue weighted by molar-refractivity contribution is 9.10. The zero-order valence-corrected chi connectivity index (χ0v) is 13.0. The van der Waals surface area contributed by atoms with Gasteiger partial charge in [-0.3, -0.25) is 4.72 Å². The maximum atomic E-state index is 12.3. The molecule has 0 amide bonds. The van der Waals surface area contributed by atoms with Gasteiger partial charge in [0.15, 0.2) is 4.60 Å². The van der Waals surface area contributed by atoms with Crippen LogP contribution in [0.25, 0.3) is 0 Å². The lowest BCUT2D eigenvalue weighted by atomic mass is 10.1. The molecule has 106 valence electrons. The van der Waals surface area contributed by atoms with Crippen molar-refractivity contribution in [1.29, 1.82) is 0 Å². The number of nitrogens with one attached hydrogen (secondary N) is 2. The lowest BCUT2D eigenvalue weighted by Crippen LogP contribution is -2.17. The Morgan fingerprint density at radius 1 is 1.45 bits per heavy atom. The third-order valence-corrected chi connectivity index (χ3v) is 5.33. The van der Waals surface area contributed by atoms with Crippen LogP contribution in [0.4, 0.5) is 11.4 Å². The molecule has 0 bridgehead atoms. The van der Waals surface area contributed by atoms with Crippen LogP contribution in [-0.4, -0.2) is 30.0 Å². The molecule has 9 heteroatoms. The first kappa shape index (κ1) is 13.4. The van der Waals surface area contributed by atoms with Crippen LogP contribution >= 0.6 is 15.9 Å². The van der Waals surface area contributed by atoms with Crippen molar-refractivity contribution < 1.29 is 8.42 Å². The second kappa shape index (κ2) is 4.74. The summed E-state index contributed by atoms with van der Waals surface area (Å²) < 4.78 is 28.6. The zero-order chi connectivity index (χ0) is 14.3. The van der Waals surface area contributed by atoms with Crippen molar-refractivity contribution in [3.63, 3.8) is 0 Å². The normalized spacial score (nSPS) is 13.9. The van der Waals surface area contributed by atoms with Gasteiger partial charge >= 0.3 is 0 Å². The molecule has 1 aliphatic rings. The van der Waals surface area contributed by atoms with Crippen LogP contribution in [0.2, 0.25) is 0 Å². The predicted octanol–water partition coefficient (Wildman–Crippen LogP) is 1.35. The third-order valence-electron chi connectivity index (χ3n) is 3.06. The smallest absolute Gasteiger partial charge is 0.281 e. The van der Waals surface area contributed by atoms with Gasteiger partial charge in [0.05, 0.1) is 0 Å². The fraction of sp³-hybridized carbons (Fsp3) is 0.273. The molecule has 0 unspecified atom stereocenters. The molecule has 1 aromatic heterocycles. The minimum Gasteiger partial charge on any atom is -0.384 e. The number of aromatic nitrogens is 3. The quantitative estimate of drug-likeness (QED) is 0.865. The summed E-state index contributed by atoms with van der Waals surface area (Å²) in [7, 11) is -2.20. The Labute approximate surface area is 124 Å². The van der Waals surface area contributed by atoms with E-state index < -0.39 is 10.0 Å². The lowest BCUT2D eigenvalue weighted by Gasteiger charge is -2.09. The number of rotatable bonds is 3. The molecule has 0 fully saturated rings. The summed E-state index contributed by atoms with van der Waals surface area (Å²) in [5.41, 5.74) is 2.68. The van der Waals surface area contributed by atoms with Gasteiger partial charge in [0.25, 0.3) is 10.0 Å². The highest BCUT2D eigenvalue weighted by Gasteiger charge is 2.24. The van der Waals surface area contributed by atoms with Gasteiger partial charge in [0.2, 0.25) is 5.03 Å². The van der Waals surface area contributed by atoms with Gasteiger partial charge in [-0.15, -0.1) is 5.10 Å². The molecule has 20 heavy (non-hydrogen) atoms. The van der Waals surface area contributed by atoms with Crippen LogP contribution in [0.15, 0.2) is 27.8 Å². The zero-order valence-electron chi connectivity index (χ0n) is 10.6. The van der Waals surface area contributed by atoms with Crippen molar-refractivity contribution in [2.75, 3.05) is 16.6 Å². The van der Waals surface area contributed by atoms with Gasteiger partial charge in [0, 0.05) is 25.0 Å². The molecular formula is C11H12BrN5O2S. The average Bonchev–Trinajstić information content (AvgIpc) is 2.95. The summed E-state index contributed by atoms with van der Waals surface area (Å²) in [5.74, 6) is 0. The van der Waals surface area contributed by atoms with E-state index in [9.17, 15) is 8.42 Å². The van der Waals surface area contributed by atoms with Gasteiger partial charge < -0.3 is 5.32 Å². The Balaban J connectivity index is 1.94. The van der Waals surface area contributed by atoms with Gasteiger partial charge in [-0.1, -0.05) is 5.21 Å². The first-order chi connectivity index (χ1) is 9.47. The minimum atomic E-state index is -3.73. The van der Waals surface area contributed by atoms with Crippen molar-refractivity contribution in [3.05, 3.63) is 28.4 Å². The van der Waals surface area contributed by atoms with Crippen molar-refractivity contribution in [2.45, 2.75) is 11.4 Å². The topological polar surface area (TPSA) is 88.9 Å². The number of nitrogens with zero attached hydrogens (tertiary/aromatic N) is 3. The summed E-state index contributed by atoms with van der Waals surface area (Å²) in [6, 6.07) is 5.44. The van der Waals surface area contributed by atoms with Gasteiger partial charge in [-0.05, 0) is 46.1 Å². The van der Waals surface area contributed by atoms with E-state index >= 15 is 0 Å². The molecule has 2 N–H and O–H groups in total. The fourth-order valence-electron chi connectivity index (χ4n) is 2.18. The summed E-state index contributed by atoms with van der Waals surface area (Å²) in [6.07, 6.45) is 0.891. The first-order valence-corrected chi connectivity index (χ1v) is 8.20. The Bertz CT molecular complexity index is 752. The van der Waals surface area contributed by atoms with Crippen molar-refractivity contribution in [1.82, 2.24) is 15.0 Å². The number of hydrogen-bond acceptors (Lipinski definition) is 5. The fourth-order valence-corrected chi connectivity index (χ4v) is 4.33. The van der Waals surface area contributed by atoms with Crippen LogP contribution < -0.4 is 10.0 Å². The number of fused-ring (bicyclic) bond motifs is 1. The van der Waals surface area contributed by atoms with E-state index in [1.807, 2.05) is 12.1 Å². The third kappa shape index (κ3) is 2.27. The highest BCUT2D eigenvalue weighted by Crippen LogP contribution is 2.27. The molecule has 0 radical (unpaired) electrons. The van der Waals surface area contributed by atoms with Gasteiger partial charge in [-0.25, -0.2) is 4.68 Å². The first-order valence-electron chi connectivity index (χ1n) is 5.92. The molecule has 0 spiro atoms. The molecule has 0 atom stereocenters. The van der Waals surface area contributed by atoms with E-state index in [1.165, 1.54) is 11.7 Å². The van der Waals surface area contributed by atoms with Crippen LogP contribution in [0.3, 0.4) is 0 Å². The van der Waals surface area contributed by atoms with E-state index in [2.05, 4.69) is 36.3 Å². The lowest BCUT2D eigenvalue weighted by molar-refractivity contribution is 0.578. The number of benzene rings is 1. The largest absolute Gasteiger partial charge is 0.384 e. The Morgan fingerprint density at radius 2 is 2.25 bits per heavy atom. The number of anilines is 2. The maximum Gasteiger partial charge on any atom is 0.281 e. The molecule has 0 saturated carbocycles. The number of sulfonamides is 1. The summed E-state index contributed by atoms with van der Waals surface area (Å²) in [4.78, 5) is 0. The summed E-state index contributed by atoms with van der Waals surface area (Å²) in [5, 5.41) is 10.6. The molecule has 0 saturated heterocycles. The molecule has 1 aromatic carbocycles. The molecule has 2 heterocycles. The second-order valence-corrected chi connectivity index (χ2v) is 6.81. The van der Waals surface area contributed by atoms with Crippen LogP contribution in [0.5, 0.6) is 0 Å². The SMILES string of the molecule is Cn1nnc(Br)c1S(=O)(=O)Nc1ccc2c(c1)CCN2. The van der Waals surface area contributed by atoms with Crippen LogP contribution in [0.1, 0.15) is 5.56 Å². The molecule has 7 nitrogen and oxygen atoms in total. The minimum absolute atomic E-state index is 0.00359. The van der Waals surface area contributed by atoms with Gasteiger partial charge in [-0.2, -0.15) is 8.42 Å². The Morgan fingerprint density at radius 3 is 2.95 bits per heavy atom. The summed E-state index contributed by atoms with van der Waals surface area (Å²) >= 11 is 3.09. The average molecular weight is 358 g/mol. The van der Waals surface area contributed by atoms with E-state index in [-0.39, 0.29) is 9.63 Å². The highest BCUT2D eigenvalue weighted by atomic mass is 79.9. The monoisotopic (exact) mass is 357 g/mol. The second-order valence-electron chi connectivity index (χ2n) is 4.46.